The fourth-order valence-corrected chi connectivity index (χ4v) is 3.44. The first-order valence-corrected chi connectivity index (χ1v) is 8.78. The van der Waals surface area contributed by atoms with Crippen LogP contribution in [0.1, 0.15) is 11.4 Å². The third kappa shape index (κ3) is 2.46. The summed E-state index contributed by atoms with van der Waals surface area (Å²) < 4.78 is 0. The van der Waals surface area contributed by atoms with E-state index >= 15 is 0 Å². The largest absolute Gasteiger partial charge is 0.254 e. The van der Waals surface area contributed by atoms with E-state index in [1.165, 1.54) is 0 Å². The van der Waals surface area contributed by atoms with Gasteiger partial charge in [-0.25, -0.2) is 9.97 Å². The lowest BCUT2D eigenvalue weighted by molar-refractivity contribution is 1.17. The molecule has 0 saturated heterocycles. The van der Waals surface area contributed by atoms with Crippen molar-refractivity contribution in [3.05, 3.63) is 82.7 Å². The predicted molar refractivity (Wildman–Crippen MR) is 110 cm³/mol. The van der Waals surface area contributed by atoms with Gasteiger partial charge in [0.05, 0.1) is 33.5 Å². The van der Waals surface area contributed by atoms with Crippen molar-refractivity contribution in [3.8, 4) is 0 Å². The number of hydrogen-bond donors (Lipinski definition) is 0. The molecule has 2 aromatic carbocycles. The van der Waals surface area contributed by atoms with Gasteiger partial charge in [0, 0.05) is 23.2 Å². The zero-order chi connectivity index (χ0) is 18.4. The van der Waals surface area contributed by atoms with Gasteiger partial charge in [0.25, 0.3) is 0 Å². The lowest BCUT2D eigenvalue weighted by Crippen LogP contribution is -2.22. The Labute approximate surface area is 155 Å². The van der Waals surface area contributed by atoms with Crippen molar-refractivity contribution in [1.82, 2.24) is 19.9 Å². The summed E-state index contributed by atoms with van der Waals surface area (Å²) in [5.74, 6) is 0. The van der Waals surface area contributed by atoms with Gasteiger partial charge in [0.2, 0.25) is 0 Å². The molecule has 5 aromatic rings. The Morgan fingerprint density at radius 2 is 1.37 bits per heavy atom. The van der Waals surface area contributed by atoms with Gasteiger partial charge >= 0.3 is 0 Å². The zero-order valence-electron chi connectivity index (χ0n) is 14.8. The number of rotatable bonds is 1. The molecule has 0 aliphatic carbocycles. The van der Waals surface area contributed by atoms with Gasteiger partial charge < -0.3 is 0 Å². The van der Waals surface area contributed by atoms with Gasteiger partial charge in [-0.1, -0.05) is 30.8 Å². The highest BCUT2D eigenvalue weighted by Crippen LogP contribution is 2.31. The predicted octanol–water partition coefficient (Wildman–Crippen LogP) is 3.27. The monoisotopic (exact) mass is 348 g/mol. The Balaban J connectivity index is 1.96. The maximum Gasteiger partial charge on any atom is 0.0996 e. The molecule has 0 bridgehead atoms. The number of aromatic nitrogens is 4. The molecule has 3 aromatic heterocycles. The molecule has 0 aliphatic heterocycles. The van der Waals surface area contributed by atoms with Crippen LogP contribution in [0.2, 0.25) is 0 Å². The van der Waals surface area contributed by atoms with Crippen LogP contribution in [0.4, 0.5) is 0 Å². The topological polar surface area (TPSA) is 51.6 Å². The Morgan fingerprint density at radius 1 is 0.741 bits per heavy atom. The van der Waals surface area contributed by atoms with Crippen LogP contribution in [0.25, 0.3) is 45.5 Å². The zero-order valence-corrected chi connectivity index (χ0v) is 14.8. The summed E-state index contributed by atoms with van der Waals surface area (Å²) in [6.07, 6.45) is 5.62. The van der Waals surface area contributed by atoms with Crippen LogP contribution in [0, 0.1) is 6.92 Å². The summed E-state index contributed by atoms with van der Waals surface area (Å²) in [6, 6.07) is 15.9. The van der Waals surface area contributed by atoms with Crippen LogP contribution in [-0.4, -0.2) is 19.9 Å². The molecule has 0 spiro atoms. The van der Waals surface area contributed by atoms with Crippen LogP contribution >= 0.6 is 0 Å². The van der Waals surface area contributed by atoms with Crippen LogP contribution in [-0.2, 0) is 0 Å². The molecule has 0 aliphatic rings. The first kappa shape index (κ1) is 15.6. The van der Waals surface area contributed by atoms with E-state index in [1.54, 1.807) is 12.4 Å². The van der Waals surface area contributed by atoms with Crippen LogP contribution in [0.5, 0.6) is 0 Å². The number of hydrogen-bond acceptors (Lipinski definition) is 4. The van der Waals surface area contributed by atoms with E-state index in [-0.39, 0.29) is 0 Å². The number of aryl methyl sites for hydroxylation is 1. The molecule has 0 fully saturated rings. The molecule has 0 N–H and O–H groups in total. The molecule has 0 amide bonds. The molecular weight excluding hydrogens is 332 g/mol. The second-order valence-corrected chi connectivity index (χ2v) is 6.53. The van der Waals surface area contributed by atoms with Crippen LogP contribution in [0.3, 0.4) is 0 Å². The Kier molecular flexibility index (Phi) is 3.44. The molecular formula is C23H16N4. The Hall–Kier alpha value is -3.66. The quantitative estimate of drug-likeness (QED) is 0.436. The first-order valence-electron chi connectivity index (χ1n) is 8.78. The van der Waals surface area contributed by atoms with E-state index in [2.05, 4.69) is 16.5 Å². The standard InChI is InChI=1S/C23H16N4/c1-14-7-3-4-8-16(14)13-19-15(2)26-22-17-9-5-11-24-20(17)21-18(23(22)27-19)10-6-12-25-21/h3-13H,1H2,2H3/b16-13-. The molecule has 0 radical (unpaired) electrons. The Bertz CT molecular complexity index is 1450. The number of nitrogens with zero attached hydrogens (tertiary/aromatic N) is 4. The fourth-order valence-electron chi connectivity index (χ4n) is 3.44. The maximum absolute atomic E-state index is 4.98. The van der Waals surface area contributed by atoms with Crippen molar-refractivity contribution in [3.63, 3.8) is 0 Å². The molecule has 0 saturated carbocycles. The van der Waals surface area contributed by atoms with Gasteiger partial charge in [-0.05, 0) is 47.7 Å². The van der Waals surface area contributed by atoms with E-state index in [9.17, 15) is 0 Å². The summed E-state index contributed by atoms with van der Waals surface area (Å²) in [7, 11) is 0. The Morgan fingerprint density at radius 3 is 2.04 bits per heavy atom. The second-order valence-electron chi connectivity index (χ2n) is 6.53. The molecule has 128 valence electrons. The van der Waals surface area contributed by atoms with Gasteiger partial charge in [0.15, 0.2) is 0 Å². The van der Waals surface area contributed by atoms with Crippen LogP contribution in [0.15, 0.2) is 60.9 Å². The summed E-state index contributed by atoms with van der Waals surface area (Å²) in [6.45, 7) is 6.09. The summed E-state index contributed by atoms with van der Waals surface area (Å²) in [5, 5.41) is 3.94. The average Bonchev–Trinajstić information content (AvgIpc) is 2.71. The lowest BCUT2D eigenvalue weighted by atomic mass is 10.1. The van der Waals surface area contributed by atoms with Crippen molar-refractivity contribution >= 4 is 45.5 Å². The maximum atomic E-state index is 4.98. The SMILES string of the molecule is C=c1cccc/c1=C/c1nc2c3cccnc3c3ncccc3c2nc1C. The van der Waals surface area contributed by atoms with E-state index in [0.29, 0.717) is 0 Å². The number of pyridine rings is 2. The highest BCUT2D eigenvalue weighted by Gasteiger charge is 2.14. The van der Waals surface area contributed by atoms with Gasteiger partial charge in [-0.2, -0.15) is 0 Å². The molecule has 0 atom stereocenters. The second kappa shape index (κ2) is 5.95. The number of fused-ring (bicyclic) bond motifs is 6. The molecule has 5 rings (SSSR count). The van der Waals surface area contributed by atoms with Gasteiger partial charge in [-0.3, -0.25) is 9.97 Å². The van der Waals surface area contributed by atoms with Gasteiger partial charge in [-0.15, -0.1) is 0 Å². The molecule has 0 unspecified atom stereocenters. The van der Waals surface area contributed by atoms with Crippen molar-refractivity contribution in [2.24, 2.45) is 0 Å². The fraction of sp³-hybridized carbons (Fsp3) is 0.0435. The summed E-state index contributed by atoms with van der Waals surface area (Å²) in [5.41, 5.74) is 5.12. The summed E-state index contributed by atoms with van der Waals surface area (Å²) in [4.78, 5) is 19.0. The molecule has 3 heterocycles. The van der Waals surface area contributed by atoms with E-state index in [1.807, 2.05) is 61.5 Å². The van der Waals surface area contributed by atoms with E-state index in [4.69, 9.17) is 9.97 Å². The smallest absolute Gasteiger partial charge is 0.0996 e. The lowest BCUT2D eigenvalue weighted by Gasteiger charge is -2.09. The number of benzene rings is 2. The van der Waals surface area contributed by atoms with Gasteiger partial charge in [0.1, 0.15) is 0 Å². The highest BCUT2D eigenvalue weighted by molar-refractivity contribution is 6.20. The third-order valence-electron chi connectivity index (χ3n) is 4.80. The molecule has 4 heteroatoms. The minimum atomic E-state index is 0.840. The van der Waals surface area contributed by atoms with Crippen molar-refractivity contribution in [1.29, 1.82) is 0 Å². The summed E-state index contributed by atoms with van der Waals surface area (Å²) >= 11 is 0. The van der Waals surface area contributed by atoms with Crippen LogP contribution < -0.4 is 10.4 Å². The van der Waals surface area contributed by atoms with Crippen molar-refractivity contribution < 1.29 is 0 Å². The van der Waals surface area contributed by atoms with Crippen molar-refractivity contribution in [2.75, 3.05) is 0 Å². The van der Waals surface area contributed by atoms with E-state index in [0.717, 1.165) is 54.7 Å². The molecule has 4 nitrogen and oxygen atoms in total. The first-order chi connectivity index (χ1) is 13.2. The van der Waals surface area contributed by atoms with Crippen molar-refractivity contribution in [2.45, 2.75) is 6.92 Å². The normalized spacial score (nSPS) is 12.3. The minimum Gasteiger partial charge on any atom is -0.254 e. The highest BCUT2D eigenvalue weighted by atomic mass is 14.8. The average molecular weight is 348 g/mol. The molecule has 27 heavy (non-hydrogen) atoms. The minimum absolute atomic E-state index is 0.840. The third-order valence-corrected chi connectivity index (χ3v) is 4.80. The van der Waals surface area contributed by atoms with E-state index < -0.39 is 0 Å².